The van der Waals surface area contributed by atoms with Crippen molar-refractivity contribution < 1.29 is 9.53 Å². The Bertz CT molecular complexity index is 1310. The summed E-state index contributed by atoms with van der Waals surface area (Å²) in [5.74, 6) is 1.91. The lowest BCUT2D eigenvalue weighted by Crippen LogP contribution is -2.42. The van der Waals surface area contributed by atoms with Gasteiger partial charge in [0.05, 0.1) is 29.9 Å². The zero-order valence-corrected chi connectivity index (χ0v) is 19.7. The van der Waals surface area contributed by atoms with Crippen molar-refractivity contribution in [2.24, 2.45) is 5.92 Å². The van der Waals surface area contributed by atoms with E-state index in [1.165, 1.54) is 10.4 Å². The van der Waals surface area contributed by atoms with Crippen LogP contribution in [-0.2, 0) is 12.8 Å². The van der Waals surface area contributed by atoms with Gasteiger partial charge in [-0.1, -0.05) is 0 Å². The van der Waals surface area contributed by atoms with Crippen molar-refractivity contribution in [2.75, 3.05) is 19.0 Å². The molecule has 0 saturated carbocycles. The molecule has 1 aromatic carbocycles. The number of urea groups is 1. The number of carbonyl (C=O) groups is 1. The summed E-state index contributed by atoms with van der Waals surface area (Å²) in [6.07, 6.45) is 6.28. The fourth-order valence-electron chi connectivity index (χ4n) is 4.36. The molecule has 2 amide bonds. The highest BCUT2D eigenvalue weighted by Gasteiger charge is 2.26. The topological polar surface area (TPSA) is 117 Å². The number of aromatic nitrogens is 4. The lowest BCUT2D eigenvalue weighted by Gasteiger charge is -2.23. The van der Waals surface area contributed by atoms with Crippen LogP contribution < -0.4 is 20.7 Å². The highest BCUT2D eigenvalue weighted by atomic mass is 32.1. The first-order valence-corrected chi connectivity index (χ1v) is 11.9. The molecule has 0 fully saturated rings. The molecule has 3 heterocycles. The summed E-state index contributed by atoms with van der Waals surface area (Å²) < 4.78 is 5.59. The summed E-state index contributed by atoms with van der Waals surface area (Å²) in [4.78, 5) is 23.4. The minimum atomic E-state index is -0.104. The monoisotopic (exact) mass is 465 g/mol. The molecule has 10 heteroatoms. The zero-order chi connectivity index (χ0) is 22.9. The van der Waals surface area contributed by atoms with Crippen LogP contribution in [0.2, 0.25) is 0 Å². The molecule has 1 aliphatic rings. The first-order valence-electron chi connectivity index (χ1n) is 11.1. The maximum Gasteiger partial charge on any atom is 0.314 e. The first-order chi connectivity index (χ1) is 16.0. The molecule has 1 aliphatic carbocycles. The maximum absolute atomic E-state index is 12.0. The van der Waals surface area contributed by atoms with Crippen LogP contribution in [0.4, 0.5) is 16.3 Å². The number of aryl methyl sites for hydroxylation is 1. The van der Waals surface area contributed by atoms with E-state index >= 15 is 0 Å². The van der Waals surface area contributed by atoms with E-state index in [2.05, 4.69) is 36.1 Å². The van der Waals surface area contributed by atoms with Gasteiger partial charge in [0.2, 0.25) is 0 Å². The molecule has 33 heavy (non-hydrogen) atoms. The van der Waals surface area contributed by atoms with E-state index in [-0.39, 0.29) is 12.1 Å². The minimum Gasteiger partial charge on any atom is -0.494 e. The van der Waals surface area contributed by atoms with Crippen molar-refractivity contribution in [3.8, 4) is 5.75 Å². The second kappa shape index (κ2) is 8.86. The third kappa shape index (κ3) is 4.30. The second-order valence-electron chi connectivity index (χ2n) is 8.66. The number of amides is 2. The molecule has 0 radical (unpaired) electrons. The van der Waals surface area contributed by atoms with Crippen LogP contribution in [0.3, 0.4) is 0 Å². The summed E-state index contributed by atoms with van der Waals surface area (Å²) in [5.41, 5.74) is 3.06. The smallest absolute Gasteiger partial charge is 0.314 e. The predicted molar refractivity (Wildman–Crippen MR) is 131 cm³/mol. The SMILES string of the molecule is COc1cc2[nH]ncc2cc1Nc1ncnc2sc3c(c12)CCC(CNC(=O)NC(C)C)C3. The van der Waals surface area contributed by atoms with Gasteiger partial charge in [-0.3, -0.25) is 5.10 Å². The van der Waals surface area contributed by atoms with Gasteiger partial charge in [0.1, 0.15) is 22.7 Å². The number of hydrogen-bond acceptors (Lipinski definition) is 7. The van der Waals surface area contributed by atoms with Gasteiger partial charge < -0.3 is 20.7 Å². The van der Waals surface area contributed by atoms with Crippen LogP contribution in [0.25, 0.3) is 21.1 Å². The van der Waals surface area contributed by atoms with Crippen LogP contribution in [0, 0.1) is 5.92 Å². The molecular weight excluding hydrogens is 438 g/mol. The third-order valence-corrected chi connectivity index (χ3v) is 7.09. The highest BCUT2D eigenvalue weighted by molar-refractivity contribution is 7.19. The van der Waals surface area contributed by atoms with E-state index in [0.717, 1.165) is 51.9 Å². The number of nitrogens with zero attached hydrogens (tertiary/aromatic N) is 3. The fourth-order valence-corrected chi connectivity index (χ4v) is 5.67. The van der Waals surface area contributed by atoms with Crippen molar-refractivity contribution in [2.45, 2.75) is 39.2 Å². The molecule has 3 aromatic heterocycles. The van der Waals surface area contributed by atoms with E-state index in [1.807, 2.05) is 26.0 Å². The van der Waals surface area contributed by atoms with Gasteiger partial charge in [-0.15, -0.1) is 11.3 Å². The number of benzene rings is 1. The van der Waals surface area contributed by atoms with Gasteiger partial charge in [0.15, 0.2) is 0 Å². The van der Waals surface area contributed by atoms with Gasteiger partial charge in [0, 0.05) is 28.9 Å². The molecule has 4 N–H and O–H groups in total. The molecular formula is C23H27N7O2S. The van der Waals surface area contributed by atoms with Gasteiger partial charge >= 0.3 is 6.03 Å². The van der Waals surface area contributed by atoms with Crippen molar-refractivity contribution in [1.82, 2.24) is 30.8 Å². The summed E-state index contributed by atoms with van der Waals surface area (Å²) >= 11 is 1.72. The number of fused-ring (bicyclic) bond motifs is 4. The Labute approximate surface area is 195 Å². The maximum atomic E-state index is 12.0. The van der Waals surface area contributed by atoms with Gasteiger partial charge in [-0.05, 0) is 50.7 Å². The average Bonchev–Trinajstić information content (AvgIpc) is 3.40. The molecule has 5 rings (SSSR count). The van der Waals surface area contributed by atoms with Crippen molar-refractivity contribution in [1.29, 1.82) is 0 Å². The molecule has 1 atom stereocenters. The Balaban J connectivity index is 1.40. The number of hydrogen-bond donors (Lipinski definition) is 4. The van der Waals surface area contributed by atoms with E-state index in [1.54, 1.807) is 31.0 Å². The van der Waals surface area contributed by atoms with Crippen LogP contribution in [0.5, 0.6) is 5.75 Å². The molecule has 1 unspecified atom stereocenters. The Morgan fingerprint density at radius 1 is 1.33 bits per heavy atom. The van der Waals surface area contributed by atoms with Crippen molar-refractivity contribution in [3.05, 3.63) is 35.1 Å². The van der Waals surface area contributed by atoms with Gasteiger partial charge in [0.25, 0.3) is 0 Å². The second-order valence-corrected chi connectivity index (χ2v) is 9.74. The lowest BCUT2D eigenvalue weighted by atomic mass is 9.88. The predicted octanol–water partition coefficient (Wildman–Crippen LogP) is 4.13. The van der Waals surface area contributed by atoms with Crippen molar-refractivity contribution in [3.63, 3.8) is 0 Å². The summed E-state index contributed by atoms with van der Waals surface area (Å²) in [6, 6.07) is 3.96. The number of anilines is 2. The van der Waals surface area contributed by atoms with Crippen LogP contribution >= 0.6 is 11.3 Å². The summed E-state index contributed by atoms with van der Waals surface area (Å²) in [7, 11) is 1.65. The Morgan fingerprint density at radius 2 is 2.21 bits per heavy atom. The normalized spacial score (nSPS) is 15.6. The van der Waals surface area contributed by atoms with E-state index in [0.29, 0.717) is 18.2 Å². The lowest BCUT2D eigenvalue weighted by molar-refractivity contribution is 0.236. The first kappa shape index (κ1) is 21.4. The molecule has 0 spiro atoms. The highest BCUT2D eigenvalue weighted by Crippen LogP contribution is 2.41. The number of ether oxygens (including phenoxy) is 1. The number of methoxy groups -OCH3 is 1. The number of rotatable bonds is 6. The molecule has 9 nitrogen and oxygen atoms in total. The zero-order valence-electron chi connectivity index (χ0n) is 18.9. The molecule has 0 bridgehead atoms. The summed E-state index contributed by atoms with van der Waals surface area (Å²) in [6.45, 7) is 4.59. The number of H-pyrrole nitrogens is 1. The fraction of sp³-hybridized carbons (Fsp3) is 0.391. The Hall–Kier alpha value is -3.40. The number of aromatic amines is 1. The third-order valence-electron chi connectivity index (χ3n) is 5.93. The standard InChI is InChI=1S/C23H27N7O2S/c1-12(2)28-23(31)24-9-13-4-5-15-19(6-13)33-22-20(15)21(25-11-26-22)29-17-7-14-10-27-30-16(14)8-18(17)32-3/h7-8,10-13H,4-6,9H2,1-3H3,(H,27,30)(H2,24,28,31)(H,25,26,29). The number of carbonyl (C=O) groups excluding carboxylic acids is 1. The Morgan fingerprint density at radius 3 is 3.03 bits per heavy atom. The Kier molecular flexibility index (Phi) is 5.76. The van der Waals surface area contributed by atoms with Crippen LogP contribution in [0.15, 0.2) is 24.7 Å². The van der Waals surface area contributed by atoms with Crippen LogP contribution in [-0.4, -0.2) is 45.9 Å². The van der Waals surface area contributed by atoms with Crippen molar-refractivity contribution >= 4 is 50.0 Å². The molecule has 4 aromatic rings. The van der Waals surface area contributed by atoms with E-state index in [9.17, 15) is 4.79 Å². The quantitative estimate of drug-likeness (QED) is 0.340. The summed E-state index contributed by atoms with van der Waals surface area (Å²) in [5, 5.41) is 18.5. The largest absolute Gasteiger partial charge is 0.494 e. The minimum absolute atomic E-state index is 0.104. The van der Waals surface area contributed by atoms with E-state index in [4.69, 9.17) is 4.74 Å². The number of nitrogens with one attached hydrogen (secondary N) is 4. The van der Waals surface area contributed by atoms with E-state index < -0.39 is 0 Å². The van der Waals surface area contributed by atoms with Gasteiger partial charge in [-0.25, -0.2) is 14.8 Å². The average molecular weight is 466 g/mol. The molecule has 172 valence electrons. The van der Waals surface area contributed by atoms with Crippen LogP contribution in [0.1, 0.15) is 30.7 Å². The molecule has 0 saturated heterocycles. The molecule has 0 aliphatic heterocycles. The number of thiophene rings is 1. The van der Waals surface area contributed by atoms with Gasteiger partial charge in [-0.2, -0.15) is 5.10 Å².